The van der Waals surface area contributed by atoms with Crippen LogP contribution in [0.25, 0.3) is 11.5 Å². The molecule has 0 radical (unpaired) electrons. The lowest BCUT2D eigenvalue weighted by atomic mass is 10.2. The molecule has 2 aromatic rings. The third-order valence-electron chi connectivity index (χ3n) is 2.23. The predicted molar refractivity (Wildman–Crippen MR) is 58.7 cm³/mol. The van der Waals surface area contributed by atoms with Gasteiger partial charge in [0.2, 0.25) is 0 Å². The number of ether oxygens (including phenoxy) is 1. The van der Waals surface area contributed by atoms with Crippen LogP contribution >= 0.6 is 0 Å². The van der Waals surface area contributed by atoms with Crippen molar-refractivity contribution in [2.45, 2.75) is 6.42 Å². The zero-order chi connectivity index (χ0) is 12.3. The van der Waals surface area contributed by atoms with Gasteiger partial charge in [0.15, 0.2) is 17.3 Å². The van der Waals surface area contributed by atoms with Crippen molar-refractivity contribution in [3.8, 4) is 23.0 Å². The second-order valence-electron chi connectivity index (χ2n) is 3.38. The van der Waals surface area contributed by atoms with Crippen molar-refractivity contribution < 1.29 is 19.5 Å². The molecule has 0 fully saturated rings. The number of aromatic hydroxyl groups is 1. The summed E-state index contributed by atoms with van der Waals surface area (Å²) in [6.45, 7) is -0.0299. The Morgan fingerprint density at radius 2 is 2.24 bits per heavy atom. The minimum Gasteiger partial charge on any atom is -0.504 e. The molecule has 2 rings (SSSR count). The summed E-state index contributed by atoms with van der Waals surface area (Å²) in [6, 6.07) is 4.74. The van der Waals surface area contributed by atoms with Gasteiger partial charge >= 0.3 is 0 Å². The first-order valence-corrected chi connectivity index (χ1v) is 5.05. The zero-order valence-electron chi connectivity index (χ0n) is 9.25. The van der Waals surface area contributed by atoms with Crippen LogP contribution in [0.3, 0.4) is 0 Å². The molecule has 0 amide bonds. The molecule has 0 aliphatic carbocycles. The number of phenols is 1. The smallest absolute Gasteiger partial charge is 0.258 e. The molecule has 0 aliphatic rings. The summed E-state index contributed by atoms with van der Waals surface area (Å²) in [5.74, 6) is 1.15. The standard InChI is InChI=1S/C11H12N2O4/c1-16-9-6-7(2-3-8(9)15)11-12-10(4-5-14)13-17-11/h2-3,6,14-15H,4-5H2,1H3. The fourth-order valence-electron chi connectivity index (χ4n) is 1.38. The number of nitrogens with zero attached hydrogens (tertiary/aromatic N) is 2. The number of hydrogen-bond donors (Lipinski definition) is 2. The Hall–Kier alpha value is -2.08. The Morgan fingerprint density at radius 3 is 2.94 bits per heavy atom. The van der Waals surface area contributed by atoms with E-state index >= 15 is 0 Å². The van der Waals surface area contributed by atoms with Gasteiger partial charge in [0, 0.05) is 12.0 Å². The van der Waals surface area contributed by atoms with Gasteiger partial charge in [-0.2, -0.15) is 4.98 Å². The van der Waals surface area contributed by atoms with Crippen LogP contribution in [0.15, 0.2) is 22.7 Å². The van der Waals surface area contributed by atoms with Gasteiger partial charge in [-0.1, -0.05) is 5.16 Å². The largest absolute Gasteiger partial charge is 0.504 e. The monoisotopic (exact) mass is 236 g/mol. The lowest BCUT2D eigenvalue weighted by Crippen LogP contribution is -1.92. The Labute approximate surface area is 97.5 Å². The number of phenolic OH excluding ortho intramolecular Hbond substituents is 1. The average Bonchev–Trinajstić information content (AvgIpc) is 2.79. The SMILES string of the molecule is COc1cc(-c2nc(CCO)no2)ccc1O. The summed E-state index contributed by atoms with van der Waals surface area (Å²) < 4.78 is 10.0. The Kier molecular flexibility index (Phi) is 3.24. The zero-order valence-corrected chi connectivity index (χ0v) is 9.25. The summed E-state index contributed by atoms with van der Waals surface area (Å²) >= 11 is 0. The molecule has 0 spiro atoms. The normalized spacial score (nSPS) is 10.5. The van der Waals surface area contributed by atoms with E-state index in [-0.39, 0.29) is 12.4 Å². The molecule has 2 N–H and O–H groups in total. The quantitative estimate of drug-likeness (QED) is 0.822. The van der Waals surface area contributed by atoms with Crippen molar-refractivity contribution in [2.24, 2.45) is 0 Å². The molecule has 1 heterocycles. The van der Waals surface area contributed by atoms with E-state index in [2.05, 4.69) is 10.1 Å². The van der Waals surface area contributed by atoms with E-state index in [9.17, 15) is 5.11 Å². The minimum absolute atomic E-state index is 0.0299. The van der Waals surface area contributed by atoms with Crippen LogP contribution in [0.4, 0.5) is 0 Å². The topological polar surface area (TPSA) is 88.6 Å². The third-order valence-corrected chi connectivity index (χ3v) is 2.23. The number of rotatable bonds is 4. The molecule has 0 aliphatic heterocycles. The second-order valence-corrected chi connectivity index (χ2v) is 3.38. The lowest BCUT2D eigenvalue weighted by molar-refractivity contribution is 0.293. The van der Waals surface area contributed by atoms with Gasteiger partial charge in [0.05, 0.1) is 13.7 Å². The van der Waals surface area contributed by atoms with E-state index in [4.69, 9.17) is 14.4 Å². The van der Waals surface area contributed by atoms with Crippen LogP contribution < -0.4 is 4.74 Å². The van der Waals surface area contributed by atoms with Gasteiger partial charge in [0.25, 0.3) is 5.89 Å². The second kappa shape index (κ2) is 4.84. The molecular formula is C11H12N2O4. The molecule has 1 aromatic carbocycles. The number of methoxy groups -OCH3 is 1. The predicted octanol–water partition coefficient (Wildman–Crippen LogP) is 0.986. The third kappa shape index (κ3) is 2.36. The van der Waals surface area contributed by atoms with Crippen molar-refractivity contribution in [3.05, 3.63) is 24.0 Å². The van der Waals surface area contributed by atoms with Crippen LogP contribution in [0, 0.1) is 0 Å². The van der Waals surface area contributed by atoms with Gasteiger partial charge in [0.1, 0.15) is 0 Å². The van der Waals surface area contributed by atoms with E-state index in [0.717, 1.165) is 0 Å². The summed E-state index contributed by atoms with van der Waals surface area (Å²) in [7, 11) is 1.46. The van der Waals surface area contributed by atoms with E-state index < -0.39 is 0 Å². The minimum atomic E-state index is -0.0299. The number of aliphatic hydroxyl groups excluding tert-OH is 1. The van der Waals surface area contributed by atoms with Crippen LogP contribution in [-0.4, -0.2) is 34.1 Å². The Bertz CT molecular complexity index is 510. The van der Waals surface area contributed by atoms with Crippen LogP contribution in [0.2, 0.25) is 0 Å². The van der Waals surface area contributed by atoms with Gasteiger partial charge in [-0.15, -0.1) is 0 Å². The van der Waals surface area contributed by atoms with Gasteiger partial charge in [-0.05, 0) is 18.2 Å². The number of aliphatic hydroxyl groups is 1. The van der Waals surface area contributed by atoms with E-state index in [1.807, 2.05) is 0 Å². The Morgan fingerprint density at radius 1 is 1.41 bits per heavy atom. The van der Waals surface area contributed by atoms with Crippen molar-refractivity contribution >= 4 is 0 Å². The molecule has 0 bridgehead atoms. The van der Waals surface area contributed by atoms with Crippen molar-refractivity contribution in [1.29, 1.82) is 0 Å². The fraction of sp³-hybridized carbons (Fsp3) is 0.273. The first-order valence-electron chi connectivity index (χ1n) is 5.05. The molecule has 90 valence electrons. The summed E-state index contributed by atoms with van der Waals surface area (Å²) in [5.41, 5.74) is 0.649. The van der Waals surface area contributed by atoms with Crippen molar-refractivity contribution in [3.63, 3.8) is 0 Å². The van der Waals surface area contributed by atoms with E-state index in [1.54, 1.807) is 12.1 Å². The van der Waals surface area contributed by atoms with E-state index in [0.29, 0.717) is 29.4 Å². The van der Waals surface area contributed by atoms with Crippen molar-refractivity contribution in [2.75, 3.05) is 13.7 Å². The maximum absolute atomic E-state index is 9.45. The Balaban J connectivity index is 2.32. The highest BCUT2D eigenvalue weighted by molar-refractivity contribution is 5.59. The number of benzene rings is 1. The summed E-state index contributed by atoms with van der Waals surface area (Å²) in [5, 5.41) is 21.9. The van der Waals surface area contributed by atoms with Crippen LogP contribution in [-0.2, 0) is 6.42 Å². The maximum Gasteiger partial charge on any atom is 0.258 e. The molecule has 6 heteroatoms. The maximum atomic E-state index is 9.45. The van der Waals surface area contributed by atoms with Gasteiger partial charge in [-0.3, -0.25) is 0 Å². The van der Waals surface area contributed by atoms with E-state index in [1.165, 1.54) is 13.2 Å². The number of aromatic nitrogens is 2. The highest BCUT2D eigenvalue weighted by atomic mass is 16.5. The van der Waals surface area contributed by atoms with Crippen LogP contribution in [0.5, 0.6) is 11.5 Å². The van der Waals surface area contributed by atoms with Gasteiger partial charge < -0.3 is 19.5 Å². The molecule has 6 nitrogen and oxygen atoms in total. The summed E-state index contributed by atoms with van der Waals surface area (Å²) in [4.78, 5) is 4.10. The first-order chi connectivity index (χ1) is 8.24. The highest BCUT2D eigenvalue weighted by Gasteiger charge is 2.11. The molecule has 0 saturated heterocycles. The molecule has 0 atom stereocenters. The molecule has 0 saturated carbocycles. The summed E-state index contributed by atoms with van der Waals surface area (Å²) in [6.07, 6.45) is 0.346. The molecular weight excluding hydrogens is 224 g/mol. The molecule has 17 heavy (non-hydrogen) atoms. The number of hydrogen-bond acceptors (Lipinski definition) is 6. The lowest BCUT2D eigenvalue weighted by Gasteiger charge is -2.03. The first kappa shape index (κ1) is 11.4. The average molecular weight is 236 g/mol. The van der Waals surface area contributed by atoms with Crippen LogP contribution in [0.1, 0.15) is 5.82 Å². The van der Waals surface area contributed by atoms with Gasteiger partial charge in [-0.25, -0.2) is 0 Å². The van der Waals surface area contributed by atoms with Crippen molar-refractivity contribution in [1.82, 2.24) is 10.1 Å². The fourth-order valence-corrected chi connectivity index (χ4v) is 1.38. The highest BCUT2D eigenvalue weighted by Crippen LogP contribution is 2.30. The molecule has 0 unspecified atom stereocenters. The molecule has 1 aromatic heterocycles.